The largest absolute Gasteiger partial charge is 0.484 e. The Hall–Kier alpha value is -1.62. The van der Waals surface area contributed by atoms with Crippen molar-refractivity contribution in [2.24, 2.45) is 0 Å². The van der Waals surface area contributed by atoms with Crippen molar-refractivity contribution in [1.82, 2.24) is 5.32 Å². The minimum Gasteiger partial charge on any atom is -0.484 e. The van der Waals surface area contributed by atoms with Gasteiger partial charge in [-0.3, -0.25) is 0 Å². The van der Waals surface area contributed by atoms with E-state index in [-0.39, 0.29) is 11.9 Å². The molecule has 23 heavy (non-hydrogen) atoms. The van der Waals surface area contributed by atoms with E-state index < -0.39 is 0 Å². The van der Waals surface area contributed by atoms with Crippen LogP contribution in [0.2, 0.25) is 5.02 Å². The Kier molecular flexibility index (Phi) is 5.16. The minimum absolute atomic E-state index is 0.0989. The van der Waals surface area contributed by atoms with Crippen LogP contribution in [0.15, 0.2) is 47.8 Å². The third-order valence-corrected chi connectivity index (χ3v) is 5.11. The second-order valence-corrected chi connectivity index (χ2v) is 6.53. The number of fused-ring (bicyclic) bond motifs is 1. The lowest BCUT2D eigenvalue weighted by Gasteiger charge is -2.20. The highest BCUT2D eigenvalue weighted by Crippen LogP contribution is 2.40. The number of hydrogen-bond acceptors (Lipinski definition) is 3. The molecule has 0 aliphatic rings. The van der Waals surface area contributed by atoms with Gasteiger partial charge >= 0.3 is 0 Å². The topological polar surface area (TPSA) is 21.3 Å². The summed E-state index contributed by atoms with van der Waals surface area (Å²) in [5.41, 5.74) is 1.10. The van der Waals surface area contributed by atoms with E-state index in [4.69, 9.17) is 16.3 Å². The van der Waals surface area contributed by atoms with Gasteiger partial charge in [0.2, 0.25) is 0 Å². The molecule has 2 nitrogen and oxygen atoms in total. The number of benzene rings is 2. The van der Waals surface area contributed by atoms with Gasteiger partial charge < -0.3 is 10.1 Å². The van der Waals surface area contributed by atoms with E-state index in [1.54, 1.807) is 11.4 Å². The van der Waals surface area contributed by atoms with Crippen LogP contribution >= 0.6 is 22.9 Å². The number of ether oxygens (including phenoxy) is 1. The first-order valence-electron chi connectivity index (χ1n) is 7.42. The maximum Gasteiger partial charge on any atom is 0.138 e. The summed E-state index contributed by atoms with van der Waals surface area (Å²) in [6.45, 7) is 0.828. The second kappa shape index (κ2) is 7.30. The van der Waals surface area contributed by atoms with Crippen molar-refractivity contribution >= 4 is 33.0 Å². The standard InChI is InChI=1S/C18H17ClFNOS/c1-21-10-9-15(12-5-3-2-4-6-12)22-16-8-7-14(20)17-13(19)11-23-18(16)17/h2-8,11,15,21H,9-10H2,1H3/t15-/m0/s1. The lowest BCUT2D eigenvalue weighted by atomic mass is 10.1. The van der Waals surface area contributed by atoms with Gasteiger partial charge in [0, 0.05) is 11.8 Å². The van der Waals surface area contributed by atoms with Gasteiger partial charge in [-0.25, -0.2) is 4.39 Å². The third-order valence-electron chi connectivity index (χ3n) is 3.69. The summed E-state index contributed by atoms with van der Waals surface area (Å²) in [6, 6.07) is 13.1. The molecule has 1 heterocycles. The summed E-state index contributed by atoms with van der Waals surface area (Å²) in [6.07, 6.45) is 0.719. The summed E-state index contributed by atoms with van der Waals surface area (Å²) >= 11 is 7.50. The summed E-state index contributed by atoms with van der Waals surface area (Å²) in [7, 11) is 1.91. The number of halogens is 2. The molecular weight excluding hydrogens is 333 g/mol. The van der Waals surface area contributed by atoms with E-state index in [0.29, 0.717) is 16.2 Å². The van der Waals surface area contributed by atoms with E-state index in [1.807, 2.05) is 37.4 Å². The van der Waals surface area contributed by atoms with Crippen molar-refractivity contribution < 1.29 is 9.13 Å². The van der Waals surface area contributed by atoms with Gasteiger partial charge in [-0.05, 0) is 31.3 Å². The maximum atomic E-state index is 14.0. The van der Waals surface area contributed by atoms with Crippen LogP contribution < -0.4 is 10.1 Å². The zero-order valence-electron chi connectivity index (χ0n) is 12.7. The number of rotatable bonds is 6. The molecule has 0 radical (unpaired) electrons. The Morgan fingerprint density at radius 3 is 2.74 bits per heavy atom. The van der Waals surface area contributed by atoms with Crippen molar-refractivity contribution in [2.45, 2.75) is 12.5 Å². The molecule has 0 unspecified atom stereocenters. The zero-order valence-corrected chi connectivity index (χ0v) is 14.3. The molecule has 120 valence electrons. The van der Waals surface area contributed by atoms with Crippen LogP contribution in [0.3, 0.4) is 0 Å². The number of hydrogen-bond donors (Lipinski definition) is 1. The first kappa shape index (κ1) is 16.2. The van der Waals surface area contributed by atoms with E-state index in [1.165, 1.54) is 17.4 Å². The van der Waals surface area contributed by atoms with Gasteiger partial charge in [-0.2, -0.15) is 0 Å². The summed E-state index contributed by atoms with van der Waals surface area (Å²) < 4.78 is 21.0. The molecule has 0 saturated carbocycles. The highest BCUT2D eigenvalue weighted by Gasteiger charge is 2.17. The molecule has 1 atom stereocenters. The average Bonchev–Trinajstić information content (AvgIpc) is 2.97. The first-order chi connectivity index (χ1) is 11.2. The van der Waals surface area contributed by atoms with Crippen LogP contribution in [0.5, 0.6) is 5.75 Å². The highest BCUT2D eigenvalue weighted by molar-refractivity contribution is 7.18. The SMILES string of the molecule is CNCC[C@H](Oc1ccc(F)c2c(Cl)csc12)c1ccccc1. The smallest absolute Gasteiger partial charge is 0.138 e. The molecule has 3 aromatic rings. The van der Waals surface area contributed by atoms with E-state index in [0.717, 1.165) is 23.2 Å². The summed E-state index contributed by atoms with van der Waals surface area (Å²) in [5.74, 6) is 0.355. The van der Waals surface area contributed by atoms with Crippen molar-refractivity contribution in [1.29, 1.82) is 0 Å². The summed E-state index contributed by atoms with van der Waals surface area (Å²) in [4.78, 5) is 0. The molecule has 0 aliphatic heterocycles. The van der Waals surface area contributed by atoms with E-state index in [2.05, 4.69) is 5.32 Å². The van der Waals surface area contributed by atoms with Crippen molar-refractivity contribution in [2.75, 3.05) is 13.6 Å². The molecule has 2 aromatic carbocycles. The van der Waals surface area contributed by atoms with E-state index >= 15 is 0 Å². The van der Waals surface area contributed by atoms with E-state index in [9.17, 15) is 4.39 Å². The molecule has 0 aliphatic carbocycles. The Morgan fingerprint density at radius 2 is 2.00 bits per heavy atom. The monoisotopic (exact) mass is 349 g/mol. The predicted molar refractivity (Wildman–Crippen MR) is 95.1 cm³/mol. The fraction of sp³-hybridized carbons (Fsp3) is 0.222. The molecule has 5 heteroatoms. The maximum absolute atomic E-state index is 14.0. The van der Waals surface area contributed by atoms with Crippen molar-refractivity contribution in [3.05, 3.63) is 64.2 Å². The molecule has 1 aromatic heterocycles. The number of thiophene rings is 1. The molecule has 0 spiro atoms. The van der Waals surface area contributed by atoms with Crippen LogP contribution in [-0.4, -0.2) is 13.6 Å². The molecular formula is C18H17ClFNOS. The molecule has 0 amide bonds. The molecule has 0 saturated heterocycles. The van der Waals surface area contributed by atoms with Gasteiger partial charge in [0.25, 0.3) is 0 Å². The Balaban J connectivity index is 1.95. The highest BCUT2D eigenvalue weighted by atomic mass is 35.5. The Labute approximate surface area is 143 Å². The average molecular weight is 350 g/mol. The van der Waals surface area contributed by atoms with Gasteiger partial charge in [0.15, 0.2) is 0 Å². The Bertz CT molecular complexity index is 790. The third kappa shape index (κ3) is 3.50. The van der Waals surface area contributed by atoms with Crippen LogP contribution in [0.25, 0.3) is 10.1 Å². The lowest BCUT2D eigenvalue weighted by molar-refractivity contribution is 0.198. The minimum atomic E-state index is -0.315. The fourth-order valence-corrected chi connectivity index (χ4v) is 3.80. The van der Waals surface area contributed by atoms with Crippen molar-refractivity contribution in [3.63, 3.8) is 0 Å². The molecule has 0 fully saturated rings. The normalized spacial score (nSPS) is 12.5. The fourth-order valence-electron chi connectivity index (χ4n) is 2.53. The van der Waals surface area contributed by atoms with Crippen molar-refractivity contribution in [3.8, 4) is 5.75 Å². The van der Waals surface area contributed by atoms with Gasteiger partial charge in [0.05, 0.1) is 15.1 Å². The Morgan fingerprint density at radius 1 is 1.22 bits per heavy atom. The van der Waals surface area contributed by atoms with Crippen LogP contribution in [0, 0.1) is 5.82 Å². The summed E-state index contributed by atoms with van der Waals surface area (Å²) in [5, 5.41) is 5.76. The lowest BCUT2D eigenvalue weighted by Crippen LogP contribution is -2.16. The number of nitrogens with one attached hydrogen (secondary N) is 1. The molecule has 3 rings (SSSR count). The quantitative estimate of drug-likeness (QED) is 0.641. The second-order valence-electron chi connectivity index (χ2n) is 5.24. The van der Waals surface area contributed by atoms with Crippen LogP contribution in [0.1, 0.15) is 18.1 Å². The van der Waals surface area contributed by atoms with Gasteiger partial charge in [-0.15, -0.1) is 11.3 Å². The zero-order chi connectivity index (χ0) is 16.2. The van der Waals surface area contributed by atoms with Crippen LogP contribution in [-0.2, 0) is 0 Å². The molecule has 0 bridgehead atoms. The van der Waals surface area contributed by atoms with Gasteiger partial charge in [-0.1, -0.05) is 41.9 Å². The molecule has 1 N–H and O–H groups in total. The van der Waals surface area contributed by atoms with Gasteiger partial charge in [0.1, 0.15) is 17.7 Å². The predicted octanol–water partition coefficient (Wildman–Crippen LogP) is 5.42. The van der Waals surface area contributed by atoms with Crippen LogP contribution in [0.4, 0.5) is 4.39 Å². The first-order valence-corrected chi connectivity index (χ1v) is 8.68.